The molecule has 0 saturated carbocycles. The monoisotopic (exact) mass is 1310 g/mol. The van der Waals surface area contributed by atoms with E-state index in [9.17, 15) is 10.5 Å². The molecule has 0 aliphatic carbocycles. The number of thiophene rings is 10. The molecule has 0 amide bonds. The van der Waals surface area contributed by atoms with E-state index in [4.69, 9.17) is 68.4 Å². The highest BCUT2D eigenvalue weighted by atomic mass is 32.1. The molecule has 10 aromatic heterocycles. The van der Waals surface area contributed by atoms with Crippen LogP contribution >= 0.6 is 113 Å². The van der Waals surface area contributed by atoms with Gasteiger partial charge in [-0.25, -0.2) is 40.4 Å². The fourth-order valence-electron chi connectivity index (χ4n) is 7.38. The van der Waals surface area contributed by atoms with E-state index < -0.39 is 0 Å². The molecule has 0 spiro atoms. The van der Waals surface area contributed by atoms with Crippen LogP contribution in [0.2, 0.25) is 0 Å². The molecular weight excluding hydrogens is 1290 g/mol. The quantitative estimate of drug-likeness (QED) is 0.0825. The van der Waals surface area contributed by atoms with Crippen molar-refractivity contribution in [3.05, 3.63) is 218 Å². The van der Waals surface area contributed by atoms with Gasteiger partial charge in [-0.2, -0.15) is 31.6 Å². The first-order chi connectivity index (χ1) is 42.9. The van der Waals surface area contributed by atoms with E-state index in [0.29, 0.717) is 9.75 Å². The third-order valence-corrected chi connectivity index (χ3v) is 23.3. The Labute approximate surface area is 543 Å². The summed E-state index contributed by atoms with van der Waals surface area (Å²) < 4.78 is 2.41. The molecule has 0 aliphatic heterocycles. The van der Waals surface area contributed by atoms with E-state index in [1.54, 1.807) is 111 Å². The van der Waals surface area contributed by atoms with Crippen molar-refractivity contribution in [2.24, 2.45) is 0 Å². The first kappa shape index (κ1) is 62.6. The van der Waals surface area contributed by atoms with Gasteiger partial charge >= 0.3 is 0 Å². The highest BCUT2D eigenvalue weighted by molar-refractivity contribution is 7.33. The van der Waals surface area contributed by atoms with E-state index in [0.717, 1.165) is 78.0 Å². The molecule has 0 aliphatic rings. The van der Waals surface area contributed by atoms with Crippen LogP contribution in [-0.2, 0) is 0 Å². The summed E-state index contributed by atoms with van der Waals surface area (Å²) in [5.41, 5.74) is 0.0116. The predicted octanol–water partition coefficient (Wildman–Crippen LogP) is 20.6. The molecule has 408 valence electrons. The van der Waals surface area contributed by atoms with Crippen LogP contribution in [0.1, 0.15) is 29.3 Å². The van der Waals surface area contributed by atoms with Crippen molar-refractivity contribution in [3.63, 3.8) is 0 Å². The number of hydrogen-bond donors (Lipinski definition) is 0. The Hall–Kier alpha value is -11.4. The summed E-state index contributed by atoms with van der Waals surface area (Å²) in [6.07, 6.45) is 6.41. The zero-order chi connectivity index (χ0) is 62.7. The van der Waals surface area contributed by atoms with Crippen molar-refractivity contribution >= 4 is 158 Å². The summed E-state index contributed by atoms with van der Waals surface area (Å²) >= 11 is 15.4. The zero-order valence-corrected chi connectivity index (χ0v) is 52.2. The SMILES string of the molecule is [C-]#[N+]/C(C#N)=C(\C#N)c1ccc(-c2ccc(-c3ccc(C(C#N)=C(C#N)C#N)s3)s2)s1.[C-]#[N+]/C(C#N)=C/c1ccc(-c2cc3sc(-c4ccc(C=C(C#N)C#N)s4)cc3s2)s1.[C-]#[N+]/C(C#N)=C\c1ccc(-c2ccc(-c3ccc(/C=C(\C#N)[N+]#[C-])s3)s2)s1. The summed E-state index contributed by atoms with van der Waals surface area (Å²) in [6, 6.07) is 53.6. The van der Waals surface area contributed by atoms with Gasteiger partial charge in [0.15, 0.2) is 0 Å². The molecule has 10 aromatic rings. The first-order valence-electron chi connectivity index (χ1n) is 24.1. The van der Waals surface area contributed by atoms with Crippen molar-refractivity contribution in [2.75, 3.05) is 0 Å². The number of nitrogens with zero attached hydrogens (tertiary/aromatic N) is 14. The second-order valence-corrected chi connectivity index (χ2v) is 27.6. The molecule has 0 unspecified atom stereocenters. The number of rotatable bonds is 12. The predicted molar refractivity (Wildman–Crippen MR) is 357 cm³/mol. The maximum absolute atomic E-state index is 9.33. The third kappa shape index (κ3) is 14.9. The fraction of sp³-hybridized carbons (Fsp3) is 0. The van der Waals surface area contributed by atoms with Crippen LogP contribution in [0.15, 0.2) is 143 Å². The summed E-state index contributed by atoms with van der Waals surface area (Å²) in [5, 5.41) is 90.2. The lowest BCUT2D eigenvalue weighted by Crippen LogP contribution is -1.81. The van der Waals surface area contributed by atoms with Crippen molar-refractivity contribution in [3.8, 4) is 119 Å². The smallest absolute Gasteiger partial charge is 0.227 e. The van der Waals surface area contributed by atoms with E-state index in [1.165, 1.54) is 66.1 Å². The molecule has 0 bridgehead atoms. The average molecular weight is 1310 g/mol. The van der Waals surface area contributed by atoms with Crippen LogP contribution in [-0.4, -0.2) is 0 Å². The van der Waals surface area contributed by atoms with E-state index in [1.807, 2.05) is 115 Å². The van der Waals surface area contributed by atoms with Gasteiger partial charge in [0.25, 0.3) is 22.8 Å². The van der Waals surface area contributed by atoms with Crippen LogP contribution < -0.4 is 0 Å². The Balaban J connectivity index is 0.000000171. The van der Waals surface area contributed by atoms with Gasteiger partial charge in [0.05, 0.1) is 67.8 Å². The summed E-state index contributed by atoms with van der Waals surface area (Å²) in [5.74, 6) is 0. The number of nitriles is 10. The summed E-state index contributed by atoms with van der Waals surface area (Å²) in [7, 11) is 0. The minimum Gasteiger partial charge on any atom is -0.227 e. The van der Waals surface area contributed by atoms with Crippen LogP contribution in [0.5, 0.6) is 0 Å². The Morgan fingerprint density at radius 1 is 0.295 bits per heavy atom. The molecule has 0 radical (unpaired) electrons. The maximum Gasteiger partial charge on any atom is 0.280 e. The van der Waals surface area contributed by atoms with E-state index in [2.05, 4.69) is 43.6 Å². The molecular formula is C64H22N14S10. The zero-order valence-electron chi connectivity index (χ0n) is 44.0. The molecule has 0 fully saturated rings. The maximum atomic E-state index is 9.33. The summed E-state index contributed by atoms with van der Waals surface area (Å²) in [4.78, 5) is 29.9. The molecule has 10 heterocycles. The van der Waals surface area contributed by atoms with Gasteiger partial charge in [-0.05, 0) is 133 Å². The average Bonchev–Trinajstić information content (AvgIpc) is 2.18. The van der Waals surface area contributed by atoms with Gasteiger partial charge in [0.1, 0.15) is 41.5 Å². The Morgan fingerprint density at radius 2 is 0.614 bits per heavy atom. The highest BCUT2D eigenvalue weighted by Gasteiger charge is 2.18. The molecule has 0 atom stereocenters. The fourth-order valence-corrected chi connectivity index (χ4v) is 18.1. The minimum absolute atomic E-state index is 0.0600. The third-order valence-electron chi connectivity index (χ3n) is 11.3. The van der Waals surface area contributed by atoms with Gasteiger partial charge in [-0.3, -0.25) is 0 Å². The highest BCUT2D eigenvalue weighted by Crippen LogP contribution is 2.46. The Kier molecular flexibility index (Phi) is 21.3. The van der Waals surface area contributed by atoms with E-state index >= 15 is 0 Å². The lowest BCUT2D eigenvalue weighted by molar-refractivity contribution is 1.46. The second-order valence-electron chi connectivity index (χ2n) is 16.6. The first-order valence-corrected chi connectivity index (χ1v) is 32.3. The molecule has 0 N–H and O–H groups in total. The molecule has 0 saturated heterocycles. The van der Waals surface area contributed by atoms with Gasteiger partial charge < -0.3 is 0 Å². The number of fused-ring (bicyclic) bond motifs is 1. The Morgan fingerprint density at radius 3 is 0.932 bits per heavy atom. The largest absolute Gasteiger partial charge is 0.280 e. The second kappa shape index (κ2) is 29.9. The van der Waals surface area contributed by atoms with Crippen molar-refractivity contribution in [1.82, 2.24) is 0 Å². The summed E-state index contributed by atoms with van der Waals surface area (Å²) in [6.45, 7) is 27.9. The van der Waals surface area contributed by atoms with Gasteiger partial charge in [-0.15, -0.1) is 113 Å². The van der Waals surface area contributed by atoms with Crippen molar-refractivity contribution in [2.45, 2.75) is 0 Å². The molecule has 88 heavy (non-hydrogen) atoms. The van der Waals surface area contributed by atoms with Crippen molar-refractivity contribution in [1.29, 1.82) is 52.6 Å². The van der Waals surface area contributed by atoms with Gasteiger partial charge in [0, 0.05) is 97.2 Å². The van der Waals surface area contributed by atoms with Crippen LogP contribution in [0.25, 0.3) is 123 Å². The van der Waals surface area contributed by atoms with Crippen LogP contribution in [0.4, 0.5) is 0 Å². The molecule has 0 aromatic carbocycles. The van der Waals surface area contributed by atoms with E-state index in [-0.39, 0.29) is 45.1 Å². The van der Waals surface area contributed by atoms with Gasteiger partial charge in [-0.1, -0.05) is 0 Å². The number of allylic oxidation sites excluding steroid dienone is 8. The van der Waals surface area contributed by atoms with Crippen LogP contribution in [0.3, 0.4) is 0 Å². The van der Waals surface area contributed by atoms with Crippen molar-refractivity contribution < 1.29 is 0 Å². The molecule has 10 rings (SSSR count). The number of hydrogen-bond acceptors (Lipinski definition) is 20. The lowest BCUT2D eigenvalue weighted by atomic mass is 10.1. The Bertz CT molecular complexity index is 4810. The normalized spacial score (nSPS) is 10.7. The molecule has 24 heteroatoms. The topological polar surface area (TPSA) is 255 Å². The van der Waals surface area contributed by atoms with Crippen LogP contribution in [0, 0.1) is 140 Å². The minimum atomic E-state index is -0.232. The van der Waals surface area contributed by atoms with Gasteiger partial charge in [0.2, 0.25) is 0 Å². The molecule has 14 nitrogen and oxygen atoms in total. The lowest BCUT2D eigenvalue weighted by Gasteiger charge is -1.94. The standard InChI is InChI=1S/C22H6N6S3.C22H8N4S4.C20H8N4S3/c1-28-16(12-27)15(11-26)18-3-5-20(30-18)22-7-6-21(31-22)19-4-2-17(29-19)14(10-25)13(8-23)9-24;1-26-14(12-25)7-16-3-5-18(28-16)20-9-22-21(30-20)8-19(29-22)17-4-2-15(27-17)6-13(10-23)11-24;1-23-13(11-21)9-15-3-5-17(25-15)19-7-8-20(27-19)18-6-4-16(26-18)10-14(12-22)24-2/h2-7H;2-9H;3-10H/b16-15+;14-7+;13-9-,14-10+.